The first-order chi connectivity index (χ1) is 17.7. The van der Waals surface area contributed by atoms with E-state index in [1.165, 1.54) is 30.5 Å². The number of carbonyl (C=O) groups is 2. The third kappa shape index (κ3) is 5.05. The van der Waals surface area contributed by atoms with Gasteiger partial charge in [0.25, 0.3) is 5.91 Å². The number of amides is 2. The molecular formula is C31H40FN3O2. The largest absolute Gasteiger partial charge is 0.355 e. The quantitative estimate of drug-likeness (QED) is 0.530. The topological polar surface area (TPSA) is 61.4 Å². The number of carbonyl (C=O) groups excluding carboxylic acids is 2. The van der Waals surface area contributed by atoms with Crippen molar-refractivity contribution < 1.29 is 14.0 Å². The SMILES string of the molecule is CCC(C)(c1ccc(C(=O)NC(C)CN2CCC3(CC2)C(=O)NCC3c2ccc(F)cc2)cc1)C1CC1. The van der Waals surface area contributed by atoms with Crippen molar-refractivity contribution in [1.82, 2.24) is 15.5 Å². The molecular weight excluding hydrogens is 465 g/mol. The van der Waals surface area contributed by atoms with Gasteiger partial charge in [0.15, 0.2) is 0 Å². The van der Waals surface area contributed by atoms with Gasteiger partial charge in [0.2, 0.25) is 5.91 Å². The predicted molar refractivity (Wildman–Crippen MR) is 144 cm³/mol. The van der Waals surface area contributed by atoms with Gasteiger partial charge in [0.1, 0.15) is 5.82 Å². The number of nitrogens with one attached hydrogen (secondary N) is 2. The molecule has 0 radical (unpaired) electrons. The molecule has 2 aromatic rings. The molecule has 2 heterocycles. The summed E-state index contributed by atoms with van der Waals surface area (Å²) in [6.45, 7) is 9.61. The van der Waals surface area contributed by atoms with Crippen LogP contribution in [0.1, 0.15) is 80.3 Å². The van der Waals surface area contributed by atoms with Gasteiger partial charge in [-0.1, -0.05) is 38.1 Å². The summed E-state index contributed by atoms with van der Waals surface area (Å²) >= 11 is 0. The van der Waals surface area contributed by atoms with Crippen LogP contribution in [-0.2, 0) is 10.2 Å². The summed E-state index contributed by atoms with van der Waals surface area (Å²) in [6, 6.07) is 14.8. The molecule has 0 aromatic heterocycles. The van der Waals surface area contributed by atoms with E-state index in [-0.39, 0.29) is 35.0 Å². The molecule has 37 heavy (non-hydrogen) atoms. The Balaban J connectivity index is 1.15. The van der Waals surface area contributed by atoms with E-state index in [1.807, 2.05) is 31.2 Å². The van der Waals surface area contributed by atoms with E-state index in [4.69, 9.17) is 0 Å². The van der Waals surface area contributed by atoms with E-state index in [9.17, 15) is 14.0 Å². The lowest BCUT2D eigenvalue weighted by molar-refractivity contribution is -0.130. The van der Waals surface area contributed by atoms with Crippen LogP contribution >= 0.6 is 0 Å². The summed E-state index contributed by atoms with van der Waals surface area (Å²) in [4.78, 5) is 28.2. The molecule has 1 saturated carbocycles. The van der Waals surface area contributed by atoms with Crippen LogP contribution in [0.25, 0.3) is 0 Å². The van der Waals surface area contributed by atoms with Crippen LogP contribution in [0.5, 0.6) is 0 Å². The van der Waals surface area contributed by atoms with Crippen LogP contribution < -0.4 is 10.6 Å². The number of hydrogen-bond acceptors (Lipinski definition) is 3. The maximum atomic E-state index is 13.4. The van der Waals surface area contributed by atoms with Crippen LogP contribution in [0.15, 0.2) is 48.5 Å². The van der Waals surface area contributed by atoms with Crippen LogP contribution in [-0.4, -0.2) is 48.9 Å². The first-order valence-electron chi connectivity index (χ1n) is 13.9. The number of benzene rings is 2. The highest BCUT2D eigenvalue weighted by molar-refractivity contribution is 5.94. The van der Waals surface area contributed by atoms with Gasteiger partial charge in [-0.2, -0.15) is 0 Å². The van der Waals surface area contributed by atoms with Gasteiger partial charge in [-0.25, -0.2) is 4.39 Å². The van der Waals surface area contributed by atoms with Crippen molar-refractivity contribution >= 4 is 11.8 Å². The number of halogens is 1. The molecule has 2 aliphatic heterocycles. The third-order valence-corrected chi connectivity index (χ3v) is 9.54. The normalized spacial score (nSPS) is 23.9. The van der Waals surface area contributed by atoms with Gasteiger partial charge in [-0.15, -0.1) is 0 Å². The van der Waals surface area contributed by atoms with Crippen LogP contribution in [0, 0.1) is 17.2 Å². The molecule has 5 rings (SSSR count). The number of likely N-dealkylation sites (tertiary alicyclic amines) is 1. The minimum Gasteiger partial charge on any atom is -0.355 e. The number of piperidine rings is 1. The fourth-order valence-electron chi connectivity index (χ4n) is 6.76. The highest BCUT2D eigenvalue weighted by atomic mass is 19.1. The number of hydrogen-bond donors (Lipinski definition) is 2. The fourth-order valence-corrected chi connectivity index (χ4v) is 6.76. The lowest BCUT2D eigenvalue weighted by atomic mass is 9.68. The van der Waals surface area contributed by atoms with Gasteiger partial charge in [0, 0.05) is 30.6 Å². The molecule has 3 fully saturated rings. The number of rotatable bonds is 8. The van der Waals surface area contributed by atoms with E-state index in [0.29, 0.717) is 12.1 Å². The van der Waals surface area contributed by atoms with Crippen LogP contribution in [0.4, 0.5) is 4.39 Å². The lowest BCUT2D eigenvalue weighted by Crippen LogP contribution is -2.49. The van der Waals surface area contributed by atoms with Crippen LogP contribution in [0.2, 0.25) is 0 Å². The molecule has 198 valence electrons. The summed E-state index contributed by atoms with van der Waals surface area (Å²) in [5.74, 6) is 0.657. The maximum Gasteiger partial charge on any atom is 0.251 e. The zero-order valence-corrected chi connectivity index (χ0v) is 22.4. The zero-order chi connectivity index (χ0) is 26.2. The predicted octanol–water partition coefficient (Wildman–Crippen LogP) is 5.02. The smallest absolute Gasteiger partial charge is 0.251 e. The molecule has 2 N–H and O–H groups in total. The minimum absolute atomic E-state index is 0.00102. The van der Waals surface area contributed by atoms with Crippen molar-refractivity contribution in [3.8, 4) is 0 Å². The highest BCUT2D eigenvalue weighted by Crippen LogP contribution is 2.49. The summed E-state index contributed by atoms with van der Waals surface area (Å²) in [7, 11) is 0. The van der Waals surface area contributed by atoms with Crippen molar-refractivity contribution in [3.05, 3.63) is 71.0 Å². The second-order valence-electron chi connectivity index (χ2n) is 11.8. The average molecular weight is 506 g/mol. The maximum absolute atomic E-state index is 13.4. The molecule has 2 saturated heterocycles. The molecule has 2 amide bonds. The van der Waals surface area contributed by atoms with E-state index in [1.54, 1.807) is 0 Å². The van der Waals surface area contributed by atoms with Gasteiger partial charge in [-0.3, -0.25) is 9.59 Å². The Labute approximate surface area is 220 Å². The third-order valence-electron chi connectivity index (χ3n) is 9.54. The monoisotopic (exact) mass is 505 g/mol. The minimum atomic E-state index is -0.435. The second-order valence-corrected chi connectivity index (χ2v) is 11.8. The van der Waals surface area contributed by atoms with Crippen molar-refractivity contribution in [2.24, 2.45) is 11.3 Å². The van der Waals surface area contributed by atoms with Crippen molar-refractivity contribution in [1.29, 1.82) is 0 Å². The Kier molecular flexibility index (Phi) is 7.14. The fraction of sp³-hybridized carbons (Fsp3) is 0.548. The van der Waals surface area contributed by atoms with E-state index in [2.05, 4.69) is 41.5 Å². The Morgan fingerprint density at radius 2 is 1.78 bits per heavy atom. The molecule has 5 nitrogen and oxygen atoms in total. The van der Waals surface area contributed by atoms with Gasteiger partial charge < -0.3 is 15.5 Å². The molecule has 6 heteroatoms. The Bertz CT molecular complexity index is 1120. The number of nitrogens with zero attached hydrogens (tertiary/aromatic N) is 1. The zero-order valence-electron chi connectivity index (χ0n) is 22.4. The first kappa shape index (κ1) is 25.9. The Hall–Kier alpha value is -2.73. The van der Waals surface area contributed by atoms with Crippen LogP contribution in [0.3, 0.4) is 0 Å². The molecule has 3 atom stereocenters. The van der Waals surface area contributed by atoms with Gasteiger partial charge in [0.05, 0.1) is 5.41 Å². The van der Waals surface area contributed by atoms with E-state index < -0.39 is 5.41 Å². The van der Waals surface area contributed by atoms with E-state index >= 15 is 0 Å². The molecule has 0 bridgehead atoms. The molecule has 3 unspecified atom stereocenters. The first-order valence-corrected chi connectivity index (χ1v) is 13.9. The highest BCUT2D eigenvalue weighted by Gasteiger charge is 2.52. The standard InChI is InChI=1S/C31H40FN3O2/c1-4-30(3,25-11-12-25)24-9-5-23(6-10-24)28(36)34-21(2)20-35-17-15-31(16-18-35)27(19-33-29(31)37)22-7-13-26(32)14-8-22/h5-10,13-14,21,25,27H,4,11-12,15-20H2,1-3H3,(H,33,37)(H,34,36). The average Bonchev–Trinajstić information content (AvgIpc) is 3.72. The molecule has 3 aliphatic rings. The van der Waals surface area contributed by atoms with Crippen molar-refractivity contribution in [2.75, 3.05) is 26.2 Å². The van der Waals surface area contributed by atoms with Gasteiger partial charge in [-0.05, 0) is 98.8 Å². The molecule has 1 aliphatic carbocycles. The second kappa shape index (κ2) is 10.2. The summed E-state index contributed by atoms with van der Waals surface area (Å²) in [6.07, 6.45) is 5.25. The lowest BCUT2D eigenvalue weighted by Gasteiger charge is -2.41. The van der Waals surface area contributed by atoms with Gasteiger partial charge >= 0.3 is 0 Å². The van der Waals surface area contributed by atoms with Crippen molar-refractivity contribution in [2.45, 2.75) is 70.3 Å². The summed E-state index contributed by atoms with van der Waals surface area (Å²) in [5.41, 5.74) is 2.83. The Morgan fingerprint density at radius 3 is 2.38 bits per heavy atom. The Morgan fingerprint density at radius 1 is 1.14 bits per heavy atom. The summed E-state index contributed by atoms with van der Waals surface area (Å²) in [5, 5.41) is 6.23. The van der Waals surface area contributed by atoms with Crippen molar-refractivity contribution in [3.63, 3.8) is 0 Å². The summed E-state index contributed by atoms with van der Waals surface area (Å²) < 4.78 is 13.4. The van der Waals surface area contributed by atoms with E-state index in [0.717, 1.165) is 50.4 Å². The molecule has 2 aromatic carbocycles. The molecule has 1 spiro atoms.